The average Bonchev–Trinajstić information content (AvgIpc) is 3.18. The van der Waals surface area contributed by atoms with Gasteiger partial charge in [0.1, 0.15) is 4.90 Å². The average molecular weight is 335 g/mol. The number of nitrogens with one attached hydrogen (secondary N) is 1. The molecule has 0 aliphatic heterocycles. The second kappa shape index (κ2) is 4.77. The molecule has 0 radical (unpaired) electrons. The summed E-state index contributed by atoms with van der Waals surface area (Å²) in [7, 11) is -3.70. The SMILES string of the molecule is Nc1cc(Cl)cc(Cl)c1S(=O)(=O)NCC1(C2CC2)CC1. The fourth-order valence-electron chi connectivity index (χ4n) is 2.76. The van der Waals surface area contributed by atoms with Crippen molar-refractivity contribution in [2.24, 2.45) is 11.3 Å². The fraction of sp³-hybridized carbons (Fsp3) is 0.538. The van der Waals surface area contributed by atoms with Crippen LogP contribution in [0, 0.1) is 11.3 Å². The number of sulfonamides is 1. The maximum atomic E-state index is 12.4. The summed E-state index contributed by atoms with van der Waals surface area (Å²) >= 11 is 11.8. The molecule has 0 bridgehead atoms. The Morgan fingerprint density at radius 2 is 1.95 bits per heavy atom. The Morgan fingerprint density at radius 3 is 2.45 bits per heavy atom. The topological polar surface area (TPSA) is 72.2 Å². The van der Waals surface area contributed by atoms with Gasteiger partial charge in [-0.3, -0.25) is 0 Å². The first-order chi connectivity index (χ1) is 9.34. The van der Waals surface area contributed by atoms with Crippen molar-refractivity contribution in [3.8, 4) is 0 Å². The third-order valence-electron chi connectivity index (χ3n) is 4.26. The van der Waals surface area contributed by atoms with Gasteiger partial charge < -0.3 is 5.73 Å². The van der Waals surface area contributed by atoms with Gasteiger partial charge in [0.25, 0.3) is 0 Å². The lowest BCUT2D eigenvalue weighted by Crippen LogP contribution is -2.32. The summed E-state index contributed by atoms with van der Waals surface area (Å²) in [6, 6.07) is 2.79. The van der Waals surface area contributed by atoms with E-state index >= 15 is 0 Å². The maximum absolute atomic E-state index is 12.4. The van der Waals surface area contributed by atoms with Crippen LogP contribution in [0.5, 0.6) is 0 Å². The quantitative estimate of drug-likeness (QED) is 0.813. The molecule has 0 atom stereocenters. The minimum Gasteiger partial charge on any atom is -0.398 e. The van der Waals surface area contributed by atoms with Gasteiger partial charge in [0.05, 0.1) is 10.7 Å². The highest BCUT2D eigenvalue weighted by Crippen LogP contribution is 2.60. The number of hydrogen-bond acceptors (Lipinski definition) is 3. The van der Waals surface area contributed by atoms with E-state index in [-0.39, 0.29) is 21.0 Å². The van der Waals surface area contributed by atoms with E-state index in [2.05, 4.69) is 4.72 Å². The second-order valence-electron chi connectivity index (χ2n) is 5.77. The smallest absolute Gasteiger partial charge is 0.244 e. The number of benzene rings is 1. The van der Waals surface area contributed by atoms with Crippen molar-refractivity contribution >= 4 is 38.9 Å². The van der Waals surface area contributed by atoms with Crippen LogP contribution in [0.1, 0.15) is 25.7 Å². The summed E-state index contributed by atoms with van der Waals surface area (Å²) < 4.78 is 27.4. The summed E-state index contributed by atoms with van der Waals surface area (Å²) in [4.78, 5) is -0.0739. The zero-order chi connectivity index (χ0) is 14.5. The van der Waals surface area contributed by atoms with Crippen molar-refractivity contribution in [1.29, 1.82) is 0 Å². The highest BCUT2D eigenvalue weighted by Gasteiger charge is 2.53. The van der Waals surface area contributed by atoms with Crippen molar-refractivity contribution in [2.75, 3.05) is 12.3 Å². The summed E-state index contributed by atoms with van der Waals surface area (Å²) in [5.74, 6) is 0.684. The van der Waals surface area contributed by atoms with Crippen molar-refractivity contribution in [3.63, 3.8) is 0 Å². The number of hydrogen-bond donors (Lipinski definition) is 2. The monoisotopic (exact) mass is 334 g/mol. The Bertz CT molecular complexity index is 629. The molecule has 0 aromatic heterocycles. The molecule has 2 fully saturated rings. The van der Waals surface area contributed by atoms with E-state index in [0.29, 0.717) is 17.5 Å². The molecule has 20 heavy (non-hydrogen) atoms. The van der Waals surface area contributed by atoms with Crippen LogP contribution in [0.25, 0.3) is 0 Å². The standard InChI is InChI=1S/C13H16Cl2N2O2S/c14-9-5-10(15)12(11(16)6-9)20(18,19)17-7-13(3-4-13)8-1-2-8/h5-6,8,17H,1-4,7,16H2. The Kier molecular flexibility index (Phi) is 3.44. The highest BCUT2D eigenvalue weighted by atomic mass is 35.5. The van der Waals surface area contributed by atoms with Gasteiger partial charge in [-0.1, -0.05) is 23.2 Å². The first-order valence-corrected chi connectivity index (χ1v) is 8.82. The minimum absolute atomic E-state index is 0.0544. The molecule has 0 heterocycles. The minimum atomic E-state index is -3.70. The summed E-state index contributed by atoms with van der Waals surface area (Å²) in [6.07, 6.45) is 4.63. The number of halogens is 2. The van der Waals surface area contributed by atoms with Crippen LogP contribution in [-0.2, 0) is 10.0 Å². The van der Waals surface area contributed by atoms with Crippen molar-refractivity contribution < 1.29 is 8.42 Å². The van der Waals surface area contributed by atoms with Gasteiger partial charge in [-0.2, -0.15) is 0 Å². The Labute approximate surface area is 128 Å². The largest absolute Gasteiger partial charge is 0.398 e. The van der Waals surface area contributed by atoms with Gasteiger partial charge >= 0.3 is 0 Å². The number of anilines is 1. The molecule has 0 saturated heterocycles. The molecule has 3 rings (SSSR count). The molecule has 1 aromatic rings. The highest BCUT2D eigenvalue weighted by molar-refractivity contribution is 7.89. The first-order valence-electron chi connectivity index (χ1n) is 6.58. The summed E-state index contributed by atoms with van der Waals surface area (Å²) in [6.45, 7) is 0.471. The van der Waals surface area contributed by atoms with E-state index in [1.807, 2.05) is 0 Å². The lowest BCUT2D eigenvalue weighted by Gasteiger charge is -2.16. The number of rotatable bonds is 5. The van der Waals surface area contributed by atoms with E-state index in [4.69, 9.17) is 28.9 Å². The Balaban J connectivity index is 1.81. The molecule has 0 unspecified atom stereocenters. The van der Waals surface area contributed by atoms with Crippen molar-refractivity contribution in [2.45, 2.75) is 30.6 Å². The molecule has 2 aliphatic rings. The number of nitrogens with two attached hydrogens (primary N) is 1. The lowest BCUT2D eigenvalue weighted by molar-refractivity contribution is 0.432. The van der Waals surface area contributed by atoms with Gasteiger partial charge in [0.2, 0.25) is 10.0 Å². The van der Waals surface area contributed by atoms with E-state index in [1.54, 1.807) is 0 Å². The van der Waals surface area contributed by atoms with Crippen LogP contribution in [0.3, 0.4) is 0 Å². The maximum Gasteiger partial charge on any atom is 0.244 e. The van der Waals surface area contributed by atoms with E-state index in [0.717, 1.165) is 12.8 Å². The van der Waals surface area contributed by atoms with Crippen LogP contribution in [0.2, 0.25) is 10.0 Å². The first kappa shape index (κ1) is 14.4. The molecule has 0 spiro atoms. The molecule has 4 nitrogen and oxygen atoms in total. The van der Waals surface area contributed by atoms with Crippen molar-refractivity contribution in [3.05, 3.63) is 22.2 Å². The van der Waals surface area contributed by atoms with Crippen molar-refractivity contribution in [1.82, 2.24) is 4.72 Å². The third-order valence-corrected chi connectivity index (χ3v) is 6.40. The molecule has 2 aliphatic carbocycles. The molecule has 0 amide bonds. The lowest BCUT2D eigenvalue weighted by atomic mass is 10.0. The zero-order valence-corrected chi connectivity index (χ0v) is 13.2. The molecule has 1 aromatic carbocycles. The molecular formula is C13H16Cl2N2O2S. The molecular weight excluding hydrogens is 319 g/mol. The predicted octanol–water partition coefficient (Wildman–Crippen LogP) is 3.04. The Hall–Kier alpha value is -0.490. The summed E-state index contributed by atoms with van der Waals surface area (Å²) in [5, 5.41) is 0.377. The third kappa shape index (κ3) is 2.64. The normalized spacial score (nSPS) is 20.9. The molecule has 3 N–H and O–H groups in total. The second-order valence-corrected chi connectivity index (χ2v) is 8.31. The van der Waals surface area contributed by atoms with E-state index < -0.39 is 10.0 Å². The van der Waals surface area contributed by atoms with Gasteiger partial charge in [-0.15, -0.1) is 0 Å². The van der Waals surface area contributed by atoms with Gasteiger partial charge in [0.15, 0.2) is 0 Å². The van der Waals surface area contributed by atoms with Crippen LogP contribution < -0.4 is 10.5 Å². The molecule has 7 heteroatoms. The van der Waals surface area contributed by atoms with Gasteiger partial charge in [0, 0.05) is 11.6 Å². The summed E-state index contributed by atoms with van der Waals surface area (Å²) in [5.41, 5.74) is 6.00. The predicted molar refractivity (Wildman–Crippen MR) is 80.5 cm³/mol. The molecule has 110 valence electrons. The molecule has 2 saturated carbocycles. The van der Waals surface area contributed by atoms with Crippen LogP contribution in [0.15, 0.2) is 17.0 Å². The number of nitrogen functional groups attached to an aromatic ring is 1. The Morgan fingerprint density at radius 1 is 1.30 bits per heavy atom. The van der Waals surface area contributed by atoms with Gasteiger partial charge in [-0.25, -0.2) is 13.1 Å². The van der Waals surface area contributed by atoms with Crippen LogP contribution in [-0.4, -0.2) is 15.0 Å². The van der Waals surface area contributed by atoms with Crippen LogP contribution in [0.4, 0.5) is 5.69 Å². The zero-order valence-electron chi connectivity index (χ0n) is 10.8. The van der Waals surface area contributed by atoms with Crippen LogP contribution >= 0.6 is 23.2 Å². The van der Waals surface area contributed by atoms with Gasteiger partial charge in [-0.05, 0) is 49.1 Å². The van der Waals surface area contributed by atoms with E-state index in [9.17, 15) is 8.42 Å². The fourth-order valence-corrected chi connectivity index (χ4v) is 4.88. The van der Waals surface area contributed by atoms with E-state index in [1.165, 1.54) is 25.0 Å².